The first-order chi connectivity index (χ1) is 8.66. The van der Waals surface area contributed by atoms with E-state index in [9.17, 15) is 9.18 Å². The standard InChI is InChI=1S/C11H9FN4O2/c12-7-3-9(11(17)18)10(14-4-7)15-5-8-1-2-13-6-16-8/h1-4,6H,5H2,(H,14,15)(H,17,18). The third-order valence-electron chi connectivity index (χ3n) is 2.16. The lowest BCUT2D eigenvalue weighted by molar-refractivity contribution is 0.0697. The van der Waals surface area contributed by atoms with Crippen molar-refractivity contribution in [2.24, 2.45) is 0 Å². The van der Waals surface area contributed by atoms with E-state index in [-0.39, 0.29) is 17.9 Å². The molecule has 0 saturated carbocycles. The van der Waals surface area contributed by atoms with Crippen LogP contribution < -0.4 is 5.32 Å². The van der Waals surface area contributed by atoms with Gasteiger partial charge in [-0.3, -0.25) is 0 Å². The smallest absolute Gasteiger partial charge is 0.339 e. The number of carboxylic acid groups (broad SMARTS) is 1. The summed E-state index contributed by atoms with van der Waals surface area (Å²) in [5, 5.41) is 11.7. The van der Waals surface area contributed by atoms with Crippen molar-refractivity contribution in [3.63, 3.8) is 0 Å². The van der Waals surface area contributed by atoms with Crippen LogP contribution in [0.2, 0.25) is 0 Å². The van der Waals surface area contributed by atoms with Crippen molar-refractivity contribution in [3.8, 4) is 0 Å². The van der Waals surface area contributed by atoms with Gasteiger partial charge in [0.1, 0.15) is 23.5 Å². The minimum Gasteiger partial charge on any atom is -0.478 e. The van der Waals surface area contributed by atoms with Gasteiger partial charge in [-0.2, -0.15) is 0 Å². The Kier molecular flexibility index (Phi) is 3.42. The van der Waals surface area contributed by atoms with Crippen LogP contribution in [0.15, 0.2) is 30.9 Å². The lowest BCUT2D eigenvalue weighted by atomic mass is 10.2. The number of halogens is 1. The molecular formula is C11H9FN4O2. The van der Waals surface area contributed by atoms with Crippen LogP contribution in [0.3, 0.4) is 0 Å². The summed E-state index contributed by atoms with van der Waals surface area (Å²) in [6.07, 6.45) is 3.90. The molecule has 0 spiro atoms. The summed E-state index contributed by atoms with van der Waals surface area (Å²) in [5.74, 6) is -1.84. The van der Waals surface area contributed by atoms with Crippen LogP contribution in [0.1, 0.15) is 16.1 Å². The summed E-state index contributed by atoms with van der Waals surface area (Å²) in [5.41, 5.74) is 0.455. The molecule has 0 saturated heterocycles. The van der Waals surface area contributed by atoms with E-state index in [1.54, 1.807) is 12.3 Å². The average molecular weight is 248 g/mol. The van der Waals surface area contributed by atoms with Crippen LogP contribution in [-0.4, -0.2) is 26.0 Å². The molecule has 0 amide bonds. The Morgan fingerprint density at radius 2 is 2.28 bits per heavy atom. The molecule has 0 aliphatic heterocycles. The van der Waals surface area contributed by atoms with Crippen molar-refractivity contribution in [2.45, 2.75) is 6.54 Å². The molecule has 0 fully saturated rings. The SMILES string of the molecule is O=C(O)c1cc(F)cnc1NCc1ccncn1. The van der Waals surface area contributed by atoms with E-state index in [0.29, 0.717) is 5.69 Å². The predicted molar refractivity (Wildman–Crippen MR) is 60.5 cm³/mol. The number of nitrogens with one attached hydrogen (secondary N) is 1. The van der Waals surface area contributed by atoms with E-state index in [2.05, 4.69) is 20.3 Å². The van der Waals surface area contributed by atoms with Gasteiger partial charge in [0.05, 0.1) is 18.4 Å². The normalized spacial score (nSPS) is 10.1. The Bertz CT molecular complexity index is 562. The predicted octanol–water partition coefficient (Wildman–Crippen LogP) is 1.32. The van der Waals surface area contributed by atoms with Gasteiger partial charge < -0.3 is 10.4 Å². The molecule has 18 heavy (non-hydrogen) atoms. The van der Waals surface area contributed by atoms with Gasteiger partial charge in [0.15, 0.2) is 0 Å². The second kappa shape index (κ2) is 5.17. The number of anilines is 1. The van der Waals surface area contributed by atoms with Crippen LogP contribution in [0.5, 0.6) is 0 Å². The first-order valence-electron chi connectivity index (χ1n) is 5.04. The van der Waals surface area contributed by atoms with E-state index >= 15 is 0 Å². The highest BCUT2D eigenvalue weighted by atomic mass is 19.1. The first kappa shape index (κ1) is 11.9. The minimum absolute atomic E-state index is 0.0995. The highest BCUT2D eigenvalue weighted by Gasteiger charge is 2.12. The van der Waals surface area contributed by atoms with Crippen LogP contribution in [0, 0.1) is 5.82 Å². The molecule has 7 heteroatoms. The molecule has 2 rings (SSSR count). The zero-order valence-corrected chi connectivity index (χ0v) is 9.17. The van der Waals surface area contributed by atoms with Gasteiger partial charge in [0, 0.05) is 6.20 Å². The molecule has 2 heterocycles. The molecule has 2 N–H and O–H groups in total. The second-order valence-electron chi connectivity index (χ2n) is 3.41. The van der Waals surface area contributed by atoms with E-state index in [0.717, 1.165) is 12.3 Å². The van der Waals surface area contributed by atoms with Gasteiger partial charge in [-0.25, -0.2) is 24.1 Å². The molecule has 0 aromatic carbocycles. The number of aromatic carboxylic acids is 1. The molecule has 0 aliphatic rings. The molecule has 92 valence electrons. The Labute approximate surface area is 102 Å². The number of aromatic nitrogens is 3. The van der Waals surface area contributed by atoms with Crippen LogP contribution in [0.25, 0.3) is 0 Å². The number of nitrogens with zero attached hydrogens (tertiary/aromatic N) is 3. The van der Waals surface area contributed by atoms with Crippen molar-refractivity contribution in [1.82, 2.24) is 15.0 Å². The van der Waals surface area contributed by atoms with Crippen LogP contribution in [-0.2, 0) is 6.54 Å². The Morgan fingerprint density at radius 1 is 1.44 bits per heavy atom. The molecule has 0 radical (unpaired) electrons. The summed E-state index contributed by atoms with van der Waals surface area (Å²) in [7, 11) is 0. The largest absolute Gasteiger partial charge is 0.478 e. The lowest BCUT2D eigenvalue weighted by Gasteiger charge is -2.07. The highest BCUT2D eigenvalue weighted by molar-refractivity contribution is 5.93. The van der Waals surface area contributed by atoms with Crippen LogP contribution >= 0.6 is 0 Å². The van der Waals surface area contributed by atoms with E-state index in [1.807, 2.05) is 0 Å². The zero-order chi connectivity index (χ0) is 13.0. The minimum atomic E-state index is -1.24. The van der Waals surface area contributed by atoms with Gasteiger partial charge in [0.25, 0.3) is 0 Å². The van der Waals surface area contributed by atoms with Gasteiger partial charge >= 0.3 is 5.97 Å². The van der Waals surface area contributed by atoms with E-state index in [1.165, 1.54) is 6.33 Å². The molecule has 0 aliphatic carbocycles. The van der Waals surface area contributed by atoms with E-state index < -0.39 is 11.8 Å². The molecular weight excluding hydrogens is 239 g/mol. The summed E-state index contributed by atoms with van der Waals surface area (Å²) in [6.45, 7) is 0.279. The second-order valence-corrected chi connectivity index (χ2v) is 3.41. The topological polar surface area (TPSA) is 88.0 Å². The fraction of sp³-hybridized carbons (Fsp3) is 0.0909. The summed E-state index contributed by atoms with van der Waals surface area (Å²) in [4.78, 5) is 22.3. The maximum atomic E-state index is 12.9. The number of hydrogen-bond acceptors (Lipinski definition) is 5. The van der Waals surface area contributed by atoms with Crippen molar-refractivity contribution in [1.29, 1.82) is 0 Å². The van der Waals surface area contributed by atoms with Gasteiger partial charge in [-0.1, -0.05) is 0 Å². The zero-order valence-electron chi connectivity index (χ0n) is 9.17. The van der Waals surface area contributed by atoms with Gasteiger partial charge in [-0.15, -0.1) is 0 Å². The van der Waals surface area contributed by atoms with Crippen molar-refractivity contribution >= 4 is 11.8 Å². The fourth-order valence-electron chi connectivity index (χ4n) is 1.34. The number of carboxylic acids is 1. The average Bonchev–Trinajstić information content (AvgIpc) is 2.38. The van der Waals surface area contributed by atoms with Crippen LogP contribution in [0.4, 0.5) is 10.2 Å². The maximum Gasteiger partial charge on any atom is 0.339 e. The molecule has 0 bridgehead atoms. The third-order valence-corrected chi connectivity index (χ3v) is 2.16. The maximum absolute atomic E-state index is 12.9. The van der Waals surface area contributed by atoms with Crippen molar-refractivity contribution < 1.29 is 14.3 Å². The summed E-state index contributed by atoms with van der Waals surface area (Å²) in [6, 6.07) is 2.59. The third kappa shape index (κ3) is 2.76. The molecule has 0 unspecified atom stereocenters. The Hall–Kier alpha value is -2.57. The van der Waals surface area contributed by atoms with Gasteiger partial charge in [0.2, 0.25) is 0 Å². The number of rotatable bonds is 4. The number of pyridine rings is 1. The van der Waals surface area contributed by atoms with Gasteiger partial charge in [-0.05, 0) is 12.1 Å². The van der Waals surface area contributed by atoms with Crippen molar-refractivity contribution in [3.05, 3.63) is 47.9 Å². The fourth-order valence-corrected chi connectivity index (χ4v) is 1.34. The molecule has 6 nitrogen and oxygen atoms in total. The highest BCUT2D eigenvalue weighted by Crippen LogP contribution is 2.14. The molecule has 2 aromatic heterocycles. The summed E-state index contributed by atoms with van der Waals surface area (Å²) >= 11 is 0. The van der Waals surface area contributed by atoms with Crippen molar-refractivity contribution in [2.75, 3.05) is 5.32 Å². The molecule has 2 aromatic rings. The number of hydrogen-bond donors (Lipinski definition) is 2. The first-order valence-corrected chi connectivity index (χ1v) is 5.04. The molecule has 0 atom stereocenters. The van der Waals surface area contributed by atoms with E-state index in [4.69, 9.17) is 5.11 Å². The Balaban J connectivity index is 2.17. The summed E-state index contributed by atoms with van der Waals surface area (Å²) < 4.78 is 12.9. The monoisotopic (exact) mass is 248 g/mol. The number of carbonyl (C=O) groups is 1. The Morgan fingerprint density at radius 3 is 2.94 bits per heavy atom. The quantitative estimate of drug-likeness (QED) is 0.848. The lowest BCUT2D eigenvalue weighted by Crippen LogP contribution is -2.09.